The Morgan fingerprint density at radius 3 is 1.38 bits per heavy atom. The number of hydrogen-bond acceptors (Lipinski definition) is 8. The van der Waals surface area contributed by atoms with Gasteiger partial charge in [0.15, 0.2) is 0 Å². The van der Waals surface area contributed by atoms with E-state index in [9.17, 15) is 29.4 Å². The van der Waals surface area contributed by atoms with Crippen LogP contribution < -0.4 is 9.80 Å². The number of nitrogens with zero attached hydrogens (tertiary/aromatic N) is 6. The highest BCUT2D eigenvalue weighted by atomic mass is 35.5. The number of amides is 6. The number of nitriles is 2. The summed E-state index contributed by atoms with van der Waals surface area (Å²) in [7, 11) is 0. The number of anilines is 2. The third-order valence-electron chi connectivity index (χ3n) is 8.46. The molecular weight excluding hydrogens is 623 g/mol. The van der Waals surface area contributed by atoms with E-state index in [4.69, 9.17) is 33.7 Å². The lowest BCUT2D eigenvalue weighted by atomic mass is 10.00. The van der Waals surface area contributed by atoms with Gasteiger partial charge in [0.25, 0.3) is 11.8 Å². The quantitative estimate of drug-likeness (QED) is 0.453. The molecule has 14 heteroatoms. The lowest BCUT2D eigenvalue weighted by molar-refractivity contribution is -0.124. The first kappa shape index (κ1) is 33.7. The summed E-state index contributed by atoms with van der Waals surface area (Å²) in [5.74, 6) is -0.887. The van der Waals surface area contributed by atoms with Gasteiger partial charge in [-0.05, 0) is 74.9 Å². The Hall–Kier alpha value is -4.20. The highest BCUT2D eigenvalue weighted by Gasteiger charge is 2.52. The molecular formula is C31H32Cl2N6O6. The van der Waals surface area contributed by atoms with Crippen LogP contribution in [0, 0.1) is 36.5 Å². The van der Waals surface area contributed by atoms with Crippen molar-refractivity contribution in [2.24, 2.45) is 0 Å². The third-order valence-corrected chi connectivity index (χ3v) is 9.43. The van der Waals surface area contributed by atoms with Crippen molar-refractivity contribution < 1.29 is 29.4 Å². The fourth-order valence-corrected chi connectivity index (χ4v) is 6.54. The smallest absolute Gasteiger partial charge is 0.332 e. The van der Waals surface area contributed by atoms with Crippen molar-refractivity contribution >= 4 is 58.5 Å². The van der Waals surface area contributed by atoms with Crippen LogP contribution in [-0.4, -0.2) is 81.3 Å². The average Bonchev–Trinajstić information content (AvgIpc) is 3.42. The fraction of sp³-hybridized carbons (Fsp3) is 0.419. The van der Waals surface area contributed by atoms with Gasteiger partial charge in [0.05, 0.1) is 44.8 Å². The van der Waals surface area contributed by atoms with Gasteiger partial charge in [0.1, 0.15) is 24.2 Å². The first-order valence-corrected chi connectivity index (χ1v) is 14.7. The predicted molar refractivity (Wildman–Crippen MR) is 166 cm³/mol. The molecule has 45 heavy (non-hydrogen) atoms. The number of piperidine rings is 2. The lowest BCUT2D eigenvalue weighted by Crippen LogP contribution is -2.48. The van der Waals surface area contributed by atoms with Crippen molar-refractivity contribution in [2.45, 2.75) is 71.2 Å². The summed E-state index contributed by atoms with van der Waals surface area (Å²) < 4.78 is 0. The molecule has 0 radical (unpaired) electrons. The molecule has 236 valence electrons. The van der Waals surface area contributed by atoms with Gasteiger partial charge < -0.3 is 20.0 Å². The summed E-state index contributed by atoms with van der Waals surface area (Å²) in [6.07, 6.45) is 0.645. The number of imide groups is 2. The molecule has 6 rings (SSSR count). The minimum absolute atomic E-state index is 0. The summed E-state index contributed by atoms with van der Waals surface area (Å²) in [6.45, 7) is 4.22. The van der Waals surface area contributed by atoms with Gasteiger partial charge in [0, 0.05) is 13.1 Å². The van der Waals surface area contributed by atoms with Crippen LogP contribution in [0.15, 0.2) is 24.3 Å². The molecule has 0 saturated carbocycles. The Morgan fingerprint density at radius 2 is 1.07 bits per heavy atom. The van der Waals surface area contributed by atoms with Gasteiger partial charge in [0.2, 0.25) is 0 Å². The SMILES string of the molecule is C.Cc1c(N2C(=O)[C@@H]3[C@H](O)CCCN3C2=O)ccc(C#N)c1Cl.Cc1c(N2C(=O)[C@H]3[C@@H](O)CCCN3C2=O)ccc(C#N)c1Cl. The van der Waals surface area contributed by atoms with Crippen molar-refractivity contribution in [3.05, 3.63) is 56.6 Å². The van der Waals surface area contributed by atoms with Crippen LogP contribution in [0.25, 0.3) is 0 Å². The van der Waals surface area contributed by atoms with E-state index >= 15 is 0 Å². The molecule has 0 spiro atoms. The Balaban J connectivity index is 0.000000200. The Labute approximate surface area is 270 Å². The molecule has 12 nitrogen and oxygen atoms in total. The molecule has 4 fully saturated rings. The summed E-state index contributed by atoms with van der Waals surface area (Å²) >= 11 is 12.2. The monoisotopic (exact) mass is 654 g/mol. The van der Waals surface area contributed by atoms with E-state index < -0.39 is 48.2 Å². The summed E-state index contributed by atoms with van der Waals surface area (Å²) in [5, 5.41) is 38.5. The van der Waals surface area contributed by atoms with Crippen LogP contribution in [-0.2, 0) is 9.59 Å². The van der Waals surface area contributed by atoms with E-state index in [1.165, 1.54) is 21.9 Å². The van der Waals surface area contributed by atoms with Crippen molar-refractivity contribution in [2.75, 3.05) is 22.9 Å². The minimum Gasteiger partial charge on any atom is -0.390 e. The summed E-state index contributed by atoms with van der Waals surface area (Å²) in [4.78, 5) is 55.1. The average molecular weight is 656 g/mol. The topological polar surface area (TPSA) is 169 Å². The van der Waals surface area contributed by atoms with Crippen molar-refractivity contribution in [3.8, 4) is 12.1 Å². The highest BCUT2D eigenvalue weighted by molar-refractivity contribution is 6.34. The molecule has 6 amide bonds. The number of aliphatic hydroxyl groups excluding tert-OH is 2. The van der Waals surface area contributed by atoms with Crippen molar-refractivity contribution in [3.63, 3.8) is 0 Å². The summed E-state index contributed by atoms with van der Waals surface area (Å²) in [6, 6.07) is 7.44. The standard InChI is InChI=1S/2C15H14ClN3O3.CH4/c2*1-8-10(5-4-9(7-17)12(8)16)19-14(21)13-11(20)3-2-6-18(13)15(19)22;/h2*4-5,11,13,20H,2-3,6H2,1H3;1H4/t2*11-,13+;/m10./s1. The van der Waals surface area contributed by atoms with Crippen LogP contribution in [0.4, 0.5) is 21.0 Å². The van der Waals surface area contributed by atoms with Crippen LogP contribution in [0.2, 0.25) is 10.0 Å². The largest absolute Gasteiger partial charge is 0.390 e. The molecule has 0 bridgehead atoms. The first-order valence-electron chi connectivity index (χ1n) is 14.0. The Kier molecular flexibility index (Phi) is 9.76. The molecule has 2 aromatic carbocycles. The van der Waals surface area contributed by atoms with E-state index in [1.54, 1.807) is 26.0 Å². The van der Waals surface area contributed by atoms with E-state index in [1.807, 2.05) is 12.1 Å². The van der Waals surface area contributed by atoms with Crippen molar-refractivity contribution in [1.29, 1.82) is 10.5 Å². The molecule has 0 unspecified atom stereocenters. The zero-order chi connectivity index (χ0) is 32.0. The van der Waals surface area contributed by atoms with E-state index in [0.717, 1.165) is 9.80 Å². The third kappa shape index (κ3) is 5.49. The van der Waals surface area contributed by atoms with Gasteiger partial charge in [-0.3, -0.25) is 9.59 Å². The van der Waals surface area contributed by atoms with Crippen LogP contribution in [0.5, 0.6) is 0 Å². The maximum atomic E-state index is 12.6. The van der Waals surface area contributed by atoms with E-state index in [0.29, 0.717) is 72.4 Å². The number of carbonyl (C=O) groups is 4. The molecule has 4 saturated heterocycles. The molecule has 0 aromatic heterocycles. The number of urea groups is 2. The predicted octanol–water partition coefficient (Wildman–Crippen LogP) is 4.26. The maximum absolute atomic E-state index is 12.6. The van der Waals surface area contributed by atoms with Crippen LogP contribution in [0.1, 0.15) is 55.4 Å². The van der Waals surface area contributed by atoms with Crippen LogP contribution in [0.3, 0.4) is 0 Å². The van der Waals surface area contributed by atoms with Gasteiger partial charge >= 0.3 is 12.1 Å². The first-order chi connectivity index (χ1) is 20.9. The van der Waals surface area contributed by atoms with Crippen molar-refractivity contribution in [1.82, 2.24) is 9.80 Å². The highest BCUT2D eigenvalue weighted by Crippen LogP contribution is 2.37. The molecule has 4 aliphatic rings. The number of carbonyl (C=O) groups excluding carboxylic acids is 4. The van der Waals surface area contributed by atoms with Gasteiger partial charge in [-0.1, -0.05) is 30.6 Å². The zero-order valence-corrected chi connectivity index (χ0v) is 25.3. The number of aliphatic hydroxyl groups is 2. The molecule has 0 aliphatic carbocycles. The summed E-state index contributed by atoms with van der Waals surface area (Å²) in [5.41, 5.74) is 2.30. The molecule has 2 N–H and O–H groups in total. The number of rotatable bonds is 2. The zero-order valence-electron chi connectivity index (χ0n) is 23.8. The molecule has 2 aromatic rings. The number of fused-ring (bicyclic) bond motifs is 2. The molecule has 4 aliphatic heterocycles. The fourth-order valence-electron chi connectivity index (χ4n) is 6.14. The second kappa shape index (κ2) is 13.0. The van der Waals surface area contributed by atoms with E-state index in [-0.39, 0.29) is 17.5 Å². The van der Waals surface area contributed by atoms with Gasteiger partial charge in [-0.25, -0.2) is 19.4 Å². The second-order valence-corrected chi connectivity index (χ2v) is 11.7. The maximum Gasteiger partial charge on any atom is 0.332 e. The second-order valence-electron chi connectivity index (χ2n) is 11.0. The van der Waals surface area contributed by atoms with Gasteiger partial charge in [-0.15, -0.1) is 0 Å². The lowest BCUT2D eigenvalue weighted by Gasteiger charge is -2.30. The number of halogens is 2. The minimum atomic E-state index is -0.843. The number of hydrogen-bond donors (Lipinski definition) is 2. The Bertz CT molecular complexity index is 1550. The molecule has 4 atom stereocenters. The number of benzene rings is 2. The normalized spacial score (nSPS) is 23.9. The van der Waals surface area contributed by atoms with Crippen LogP contribution >= 0.6 is 23.2 Å². The van der Waals surface area contributed by atoms with E-state index in [2.05, 4.69) is 0 Å². The van der Waals surface area contributed by atoms with Gasteiger partial charge in [-0.2, -0.15) is 10.5 Å². The molecule has 4 heterocycles. The Morgan fingerprint density at radius 1 is 0.711 bits per heavy atom.